The van der Waals surface area contributed by atoms with E-state index in [1.807, 2.05) is 48.5 Å². The summed E-state index contributed by atoms with van der Waals surface area (Å²) in [4.78, 5) is 20.4. The van der Waals surface area contributed by atoms with Gasteiger partial charge in [0.05, 0.1) is 22.1 Å². The molecule has 6 heteroatoms. The zero-order valence-electron chi connectivity index (χ0n) is 31.0. The Morgan fingerprint density at radius 3 is 1.33 bits per heavy atom. The van der Waals surface area contributed by atoms with Crippen LogP contribution in [0.3, 0.4) is 0 Å². The van der Waals surface area contributed by atoms with Crippen LogP contribution in [0.4, 0.5) is 0 Å². The van der Waals surface area contributed by atoms with E-state index in [0.29, 0.717) is 21.9 Å². The van der Waals surface area contributed by atoms with Crippen molar-refractivity contribution >= 4 is 110 Å². The quantitative estimate of drug-likeness (QED) is 0.102. The molecule has 0 spiro atoms. The maximum absolute atomic E-state index is 17.7. The third-order valence-corrected chi connectivity index (χ3v) is 14.6. The Balaban J connectivity index is 1.35. The Morgan fingerprint density at radius 2 is 0.776 bits per heavy atom. The number of pyridine rings is 4. The first-order chi connectivity index (χ1) is 28.7. The fraction of sp³-hybridized carbons (Fsp3) is 0. The molecule has 12 aromatic rings. The van der Waals surface area contributed by atoms with Gasteiger partial charge in [0.2, 0.25) is 7.14 Å². The molecular weight excluding hydrogens is 728 g/mol. The van der Waals surface area contributed by atoms with Gasteiger partial charge in [-0.1, -0.05) is 152 Å². The lowest BCUT2D eigenvalue weighted by Gasteiger charge is -2.26. The second-order valence-corrected chi connectivity index (χ2v) is 17.4. The molecule has 0 unspecified atom stereocenters. The molecule has 0 aliphatic rings. The maximum Gasteiger partial charge on any atom is 0.207 e. The van der Waals surface area contributed by atoms with Gasteiger partial charge < -0.3 is 4.57 Å². The molecule has 0 bridgehead atoms. The van der Waals surface area contributed by atoms with Gasteiger partial charge in [0.25, 0.3) is 0 Å². The molecule has 8 aromatic carbocycles. The van der Waals surface area contributed by atoms with Crippen molar-refractivity contribution in [1.82, 2.24) is 19.9 Å². The van der Waals surface area contributed by atoms with Gasteiger partial charge in [0.1, 0.15) is 10.9 Å². The van der Waals surface area contributed by atoms with Crippen LogP contribution in [0.25, 0.3) is 97.8 Å². The van der Waals surface area contributed by atoms with Crippen molar-refractivity contribution in [2.24, 2.45) is 0 Å². The van der Waals surface area contributed by atoms with E-state index in [9.17, 15) is 0 Å². The minimum atomic E-state index is -4.00. The van der Waals surface area contributed by atoms with E-state index >= 15 is 4.57 Å². The van der Waals surface area contributed by atoms with E-state index in [1.54, 1.807) is 12.4 Å². The topological polar surface area (TPSA) is 68.6 Å². The van der Waals surface area contributed by atoms with Crippen molar-refractivity contribution in [1.29, 1.82) is 0 Å². The second-order valence-electron chi connectivity index (χ2n) is 14.8. The molecule has 12 rings (SSSR count). The lowest BCUT2D eigenvalue weighted by molar-refractivity contribution is 0.592. The van der Waals surface area contributed by atoms with Crippen molar-refractivity contribution in [3.63, 3.8) is 0 Å². The van der Waals surface area contributed by atoms with Crippen molar-refractivity contribution in [3.8, 4) is 11.1 Å². The fourth-order valence-corrected chi connectivity index (χ4v) is 12.0. The number of rotatable bonds is 4. The Hall–Kier alpha value is -7.33. The summed E-state index contributed by atoms with van der Waals surface area (Å²) in [7, 11) is -4.00. The molecule has 0 saturated heterocycles. The lowest BCUT2D eigenvalue weighted by atomic mass is 9.86. The summed E-state index contributed by atoms with van der Waals surface area (Å²) in [5.41, 5.74) is 6.03. The van der Waals surface area contributed by atoms with Gasteiger partial charge in [-0.15, -0.1) is 0 Å². The van der Waals surface area contributed by atoms with Crippen molar-refractivity contribution < 1.29 is 4.57 Å². The van der Waals surface area contributed by atoms with Gasteiger partial charge in [-0.2, -0.15) is 0 Å². The highest BCUT2D eigenvalue weighted by atomic mass is 31.2. The zero-order valence-corrected chi connectivity index (χ0v) is 31.9. The van der Waals surface area contributed by atoms with E-state index in [2.05, 4.69) is 127 Å². The molecule has 58 heavy (non-hydrogen) atoms. The first-order valence-corrected chi connectivity index (χ1v) is 21.1. The van der Waals surface area contributed by atoms with Gasteiger partial charge in [-0.3, -0.25) is 9.97 Å². The molecule has 4 aromatic heterocycles. The predicted molar refractivity (Wildman–Crippen MR) is 242 cm³/mol. The summed E-state index contributed by atoms with van der Waals surface area (Å²) in [5.74, 6) is 0. The van der Waals surface area contributed by atoms with E-state index < -0.39 is 7.14 Å². The van der Waals surface area contributed by atoms with Gasteiger partial charge in [0, 0.05) is 44.6 Å². The molecule has 0 radical (unpaired) electrons. The van der Waals surface area contributed by atoms with Crippen LogP contribution < -0.4 is 16.2 Å². The third-order valence-electron chi connectivity index (χ3n) is 11.7. The smallest absolute Gasteiger partial charge is 0.207 e. The number of hydrogen-bond donors (Lipinski definition) is 0. The summed E-state index contributed by atoms with van der Waals surface area (Å²) in [6.45, 7) is 0. The Kier molecular flexibility index (Phi) is 7.14. The molecular formula is C52H31N4OP. The van der Waals surface area contributed by atoms with Gasteiger partial charge in [-0.25, -0.2) is 9.97 Å². The van der Waals surface area contributed by atoms with Crippen LogP contribution in [0, 0.1) is 0 Å². The Morgan fingerprint density at radius 1 is 0.345 bits per heavy atom. The largest absolute Gasteiger partial charge is 0.305 e. The molecule has 0 fully saturated rings. The third kappa shape index (κ3) is 4.68. The summed E-state index contributed by atoms with van der Waals surface area (Å²) < 4.78 is 17.7. The number of fused-ring (bicyclic) bond motifs is 13. The van der Waals surface area contributed by atoms with Crippen molar-refractivity contribution in [2.75, 3.05) is 0 Å². The SMILES string of the molecule is O=P(c1ccc2ccc3cccnc3c2n1)(c1ccc2ccc3cccnc3c2n1)c1c2ccccc2c(-c2ccccc2)c2c3ccccc3c3ccccc3c12. The Labute approximate surface area is 332 Å². The number of aromatic nitrogens is 4. The van der Waals surface area contributed by atoms with Crippen LogP contribution in [-0.2, 0) is 4.57 Å². The molecule has 5 nitrogen and oxygen atoms in total. The first-order valence-electron chi connectivity index (χ1n) is 19.4. The van der Waals surface area contributed by atoms with Crippen LogP contribution in [-0.4, -0.2) is 19.9 Å². The molecule has 0 N–H and O–H groups in total. The van der Waals surface area contributed by atoms with Gasteiger partial charge in [-0.05, 0) is 73.1 Å². The van der Waals surface area contributed by atoms with E-state index in [-0.39, 0.29) is 0 Å². The van der Waals surface area contributed by atoms with E-state index in [0.717, 1.165) is 92.1 Å². The van der Waals surface area contributed by atoms with Crippen molar-refractivity contribution in [2.45, 2.75) is 0 Å². The number of benzene rings is 8. The van der Waals surface area contributed by atoms with Crippen LogP contribution >= 0.6 is 7.14 Å². The normalized spacial score (nSPS) is 12.2. The zero-order chi connectivity index (χ0) is 38.4. The maximum atomic E-state index is 17.7. The van der Waals surface area contributed by atoms with Gasteiger partial charge in [0.15, 0.2) is 0 Å². The monoisotopic (exact) mass is 758 g/mol. The molecule has 0 saturated carbocycles. The van der Waals surface area contributed by atoms with Crippen LogP contribution in [0.15, 0.2) is 188 Å². The number of hydrogen-bond acceptors (Lipinski definition) is 5. The highest BCUT2D eigenvalue weighted by Gasteiger charge is 2.39. The first kappa shape index (κ1) is 32.9. The van der Waals surface area contributed by atoms with Crippen molar-refractivity contribution in [3.05, 3.63) is 188 Å². The second kappa shape index (κ2) is 12.6. The summed E-state index contributed by atoms with van der Waals surface area (Å²) in [5, 5.41) is 12.8. The molecule has 270 valence electrons. The van der Waals surface area contributed by atoms with Crippen LogP contribution in [0.1, 0.15) is 0 Å². The molecule has 0 aliphatic carbocycles. The minimum Gasteiger partial charge on any atom is -0.305 e. The van der Waals surface area contributed by atoms with E-state index in [4.69, 9.17) is 19.9 Å². The minimum absolute atomic E-state index is 0.453. The molecule has 0 aliphatic heterocycles. The molecule has 4 heterocycles. The van der Waals surface area contributed by atoms with Gasteiger partial charge >= 0.3 is 0 Å². The predicted octanol–water partition coefficient (Wildman–Crippen LogP) is 11.8. The van der Waals surface area contributed by atoms with E-state index in [1.165, 1.54) is 0 Å². The average molecular weight is 759 g/mol. The highest BCUT2D eigenvalue weighted by Crippen LogP contribution is 2.52. The summed E-state index contributed by atoms with van der Waals surface area (Å²) >= 11 is 0. The standard InChI is InChI=1S/C52H31N4OP/c57-58(43-28-26-35-24-22-33-14-10-30-53-48(33)50(35)55-43,44-29-27-36-25-23-34-15-11-31-54-49(34)51(36)56-44)52-42-21-9-8-20-41(42)45(32-12-2-1-3-13-32)46-39-18-6-4-16-37(39)38-17-5-7-19-40(38)47(46)52/h1-31H. The summed E-state index contributed by atoms with van der Waals surface area (Å²) in [6, 6.07) is 60.3. The molecule has 0 atom stereocenters. The average Bonchev–Trinajstić information content (AvgIpc) is 3.30. The highest BCUT2D eigenvalue weighted by molar-refractivity contribution is 7.85. The fourth-order valence-electron chi connectivity index (χ4n) is 9.18. The molecule has 0 amide bonds. The number of nitrogens with zero attached hydrogens (tertiary/aromatic N) is 4. The van der Waals surface area contributed by atoms with Crippen LogP contribution in [0.2, 0.25) is 0 Å². The summed E-state index contributed by atoms with van der Waals surface area (Å²) in [6.07, 6.45) is 3.58. The van der Waals surface area contributed by atoms with Crippen LogP contribution in [0.5, 0.6) is 0 Å². The Bertz CT molecular complexity index is 3610. The lowest BCUT2D eigenvalue weighted by Crippen LogP contribution is -2.30.